The van der Waals surface area contributed by atoms with Crippen LogP contribution in [0.5, 0.6) is 0 Å². The molecule has 3 nitrogen and oxygen atoms in total. The van der Waals surface area contributed by atoms with Crippen LogP contribution in [0.25, 0.3) is 0 Å². The summed E-state index contributed by atoms with van der Waals surface area (Å²) in [6.45, 7) is 1.81. The summed E-state index contributed by atoms with van der Waals surface area (Å²) in [7, 11) is 0. The average Bonchev–Trinajstić information content (AvgIpc) is 2.05. The summed E-state index contributed by atoms with van der Waals surface area (Å²) < 4.78 is 0. The molecule has 0 aromatic heterocycles. The van der Waals surface area contributed by atoms with Crippen molar-refractivity contribution < 1.29 is 9.90 Å². The summed E-state index contributed by atoms with van der Waals surface area (Å²) in [5.74, 6) is 0.318. The second-order valence-electron chi connectivity index (χ2n) is 2.79. The Morgan fingerprint density at radius 3 is 3.10 bits per heavy atom. The second kappa shape index (κ2) is 3.56. The van der Waals surface area contributed by atoms with Gasteiger partial charge in [0.15, 0.2) is 0 Å². The summed E-state index contributed by atoms with van der Waals surface area (Å²) in [5.41, 5.74) is 0. The third-order valence-electron chi connectivity index (χ3n) is 1.96. The first-order chi connectivity index (χ1) is 4.86. The third-order valence-corrected chi connectivity index (χ3v) is 1.96. The van der Waals surface area contributed by atoms with Crippen molar-refractivity contribution in [1.82, 2.24) is 4.90 Å². The lowest BCUT2D eigenvalue weighted by molar-refractivity contribution is -0.120. The number of rotatable bonds is 2. The minimum atomic E-state index is 0.213. The van der Waals surface area contributed by atoms with E-state index in [1.807, 2.05) is 0 Å². The quantitative estimate of drug-likeness (QED) is 0.546. The number of carbonyl (C=O) groups excluding carboxylic acids is 1. The summed E-state index contributed by atoms with van der Waals surface area (Å²) in [5, 5.41) is 8.76. The maximum Gasteiger partial charge on any atom is 0.209 e. The molecule has 1 heterocycles. The van der Waals surface area contributed by atoms with Crippen LogP contribution in [-0.4, -0.2) is 36.1 Å². The first kappa shape index (κ1) is 7.54. The largest absolute Gasteiger partial charge is 0.396 e. The number of nitrogens with zero attached hydrogens (tertiary/aromatic N) is 1. The number of carbonyl (C=O) groups is 1. The van der Waals surface area contributed by atoms with Crippen LogP contribution in [0, 0.1) is 5.92 Å². The summed E-state index contributed by atoms with van der Waals surface area (Å²) >= 11 is 0. The van der Waals surface area contributed by atoms with Crippen LogP contribution in [0.4, 0.5) is 0 Å². The Bertz CT molecular complexity index is 116. The van der Waals surface area contributed by atoms with Crippen LogP contribution in [0.15, 0.2) is 0 Å². The molecule has 0 aromatic carbocycles. The monoisotopic (exact) mass is 143 g/mol. The number of piperidine rings is 1. The molecule has 0 radical (unpaired) electrons. The summed E-state index contributed by atoms with van der Waals surface area (Å²) in [6, 6.07) is 0. The van der Waals surface area contributed by atoms with Crippen molar-refractivity contribution in [1.29, 1.82) is 0 Å². The second-order valence-corrected chi connectivity index (χ2v) is 2.79. The molecule has 0 aromatic rings. The number of aliphatic hydroxyl groups excluding tert-OH is 1. The zero-order chi connectivity index (χ0) is 7.40. The van der Waals surface area contributed by atoms with Gasteiger partial charge in [-0.05, 0) is 18.8 Å². The Balaban J connectivity index is 2.31. The Kier molecular flexibility index (Phi) is 2.68. The molecule has 1 amide bonds. The smallest absolute Gasteiger partial charge is 0.209 e. The zero-order valence-corrected chi connectivity index (χ0v) is 5.99. The fourth-order valence-electron chi connectivity index (χ4n) is 1.34. The van der Waals surface area contributed by atoms with Gasteiger partial charge in [0.05, 0.1) is 0 Å². The first-order valence-electron chi connectivity index (χ1n) is 3.67. The molecule has 1 atom stereocenters. The number of likely N-dealkylation sites (tertiary alicyclic amines) is 1. The lowest BCUT2D eigenvalue weighted by atomic mass is 10.00. The molecule has 0 saturated carbocycles. The van der Waals surface area contributed by atoms with E-state index in [1.54, 1.807) is 4.90 Å². The van der Waals surface area contributed by atoms with Gasteiger partial charge in [0.1, 0.15) is 0 Å². The standard InChI is InChI=1S/C7H13NO2/c9-5-7-2-1-3-8(4-7)6-10/h6-7,9H,1-5H2/t7-/m1/s1. The Labute approximate surface area is 60.6 Å². The van der Waals surface area contributed by atoms with Crippen molar-refractivity contribution >= 4 is 6.41 Å². The van der Waals surface area contributed by atoms with Gasteiger partial charge in [0, 0.05) is 19.7 Å². The minimum absolute atomic E-state index is 0.213. The molecular weight excluding hydrogens is 130 g/mol. The van der Waals surface area contributed by atoms with E-state index < -0.39 is 0 Å². The van der Waals surface area contributed by atoms with E-state index in [9.17, 15) is 4.79 Å². The summed E-state index contributed by atoms with van der Waals surface area (Å²) in [4.78, 5) is 12.0. The molecule has 3 heteroatoms. The maximum atomic E-state index is 10.3. The molecule has 1 saturated heterocycles. The van der Waals surface area contributed by atoms with Gasteiger partial charge in [-0.3, -0.25) is 4.79 Å². The average molecular weight is 143 g/mol. The first-order valence-corrected chi connectivity index (χ1v) is 3.67. The van der Waals surface area contributed by atoms with E-state index in [4.69, 9.17) is 5.11 Å². The van der Waals surface area contributed by atoms with Crippen molar-refractivity contribution in [3.8, 4) is 0 Å². The fourth-order valence-corrected chi connectivity index (χ4v) is 1.34. The van der Waals surface area contributed by atoms with Crippen LogP contribution >= 0.6 is 0 Å². The topological polar surface area (TPSA) is 40.5 Å². The van der Waals surface area contributed by atoms with Gasteiger partial charge in [-0.15, -0.1) is 0 Å². The van der Waals surface area contributed by atoms with Crippen molar-refractivity contribution in [2.75, 3.05) is 19.7 Å². The summed E-state index contributed by atoms with van der Waals surface area (Å²) in [6.07, 6.45) is 2.95. The van der Waals surface area contributed by atoms with E-state index in [1.165, 1.54) is 0 Å². The third kappa shape index (κ3) is 1.70. The van der Waals surface area contributed by atoms with Gasteiger partial charge in [0.25, 0.3) is 0 Å². The molecule has 0 unspecified atom stereocenters. The lowest BCUT2D eigenvalue weighted by Crippen LogP contribution is -2.35. The van der Waals surface area contributed by atoms with Gasteiger partial charge < -0.3 is 10.0 Å². The minimum Gasteiger partial charge on any atom is -0.396 e. The molecule has 1 aliphatic heterocycles. The molecule has 1 N–H and O–H groups in total. The van der Waals surface area contributed by atoms with E-state index in [0.29, 0.717) is 5.92 Å². The number of amides is 1. The normalized spacial score (nSPS) is 26.5. The van der Waals surface area contributed by atoms with Gasteiger partial charge in [-0.1, -0.05) is 0 Å². The lowest BCUT2D eigenvalue weighted by Gasteiger charge is -2.28. The van der Waals surface area contributed by atoms with E-state index in [0.717, 1.165) is 32.3 Å². The maximum absolute atomic E-state index is 10.3. The van der Waals surface area contributed by atoms with E-state index >= 15 is 0 Å². The molecule has 1 aliphatic rings. The zero-order valence-electron chi connectivity index (χ0n) is 5.99. The molecule has 0 spiro atoms. The van der Waals surface area contributed by atoms with Crippen LogP contribution in [0.3, 0.4) is 0 Å². The van der Waals surface area contributed by atoms with Crippen LogP contribution < -0.4 is 0 Å². The highest BCUT2D eigenvalue weighted by Gasteiger charge is 2.16. The molecule has 0 aliphatic carbocycles. The van der Waals surface area contributed by atoms with Gasteiger partial charge in [-0.25, -0.2) is 0 Å². The highest BCUT2D eigenvalue weighted by atomic mass is 16.3. The molecule has 10 heavy (non-hydrogen) atoms. The van der Waals surface area contributed by atoms with Gasteiger partial charge >= 0.3 is 0 Å². The molecule has 0 bridgehead atoms. The molecular formula is C7H13NO2. The molecule has 1 fully saturated rings. The molecule has 58 valence electrons. The van der Waals surface area contributed by atoms with Crippen LogP contribution in [0.2, 0.25) is 0 Å². The van der Waals surface area contributed by atoms with Crippen molar-refractivity contribution in [2.24, 2.45) is 5.92 Å². The highest BCUT2D eigenvalue weighted by molar-refractivity contribution is 5.47. The number of hydrogen-bond donors (Lipinski definition) is 1. The van der Waals surface area contributed by atoms with Crippen molar-refractivity contribution in [3.05, 3.63) is 0 Å². The van der Waals surface area contributed by atoms with E-state index in [-0.39, 0.29) is 6.61 Å². The van der Waals surface area contributed by atoms with Crippen LogP contribution in [-0.2, 0) is 4.79 Å². The predicted molar refractivity (Wildman–Crippen MR) is 37.4 cm³/mol. The fraction of sp³-hybridized carbons (Fsp3) is 0.857. The molecule has 1 rings (SSSR count). The van der Waals surface area contributed by atoms with E-state index in [2.05, 4.69) is 0 Å². The Morgan fingerprint density at radius 2 is 2.50 bits per heavy atom. The Hall–Kier alpha value is -0.570. The number of hydrogen-bond acceptors (Lipinski definition) is 2. The number of aliphatic hydroxyl groups is 1. The Morgan fingerprint density at radius 1 is 1.70 bits per heavy atom. The highest BCUT2D eigenvalue weighted by Crippen LogP contribution is 2.13. The van der Waals surface area contributed by atoms with Crippen molar-refractivity contribution in [3.63, 3.8) is 0 Å². The predicted octanol–water partition coefficient (Wildman–Crippen LogP) is -0.153. The SMILES string of the molecule is O=CN1CCC[C@@H](CO)C1. The van der Waals surface area contributed by atoms with Crippen molar-refractivity contribution in [2.45, 2.75) is 12.8 Å². The van der Waals surface area contributed by atoms with Gasteiger partial charge in [0.2, 0.25) is 6.41 Å². The van der Waals surface area contributed by atoms with Gasteiger partial charge in [-0.2, -0.15) is 0 Å². The van der Waals surface area contributed by atoms with Crippen LogP contribution in [0.1, 0.15) is 12.8 Å².